The van der Waals surface area contributed by atoms with E-state index in [2.05, 4.69) is 4.90 Å². The van der Waals surface area contributed by atoms with Gasteiger partial charge in [-0.2, -0.15) is 0 Å². The fourth-order valence-corrected chi connectivity index (χ4v) is 4.58. The summed E-state index contributed by atoms with van der Waals surface area (Å²) in [5, 5.41) is 0.259. The SMILES string of the molecule is Cc1ccc(S(=O)C2CCN(CCc3ccc(F)cc3)CC2)cc1.Cl. The minimum atomic E-state index is -0.904. The van der Waals surface area contributed by atoms with Gasteiger partial charge in [-0.25, -0.2) is 4.39 Å². The van der Waals surface area contributed by atoms with Crippen LogP contribution in [0.3, 0.4) is 0 Å². The third-order valence-corrected chi connectivity index (χ3v) is 6.53. The van der Waals surface area contributed by atoms with E-state index in [0.717, 1.165) is 43.8 Å². The van der Waals surface area contributed by atoms with Crippen molar-refractivity contribution >= 4 is 23.2 Å². The summed E-state index contributed by atoms with van der Waals surface area (Å²) in [6.07, 6.45) is 2.89. The lowest BCUT2D eigenvalue weighted by Crippen LogP contribution is -2.38. The summed E-state index contributed by atoms with van der Waals surface area (Å²) in [5.74, 6) is -0.182. The van der Waals surface area contributed by atoms with Crippen molar-refractivity contribution in [3.8, 4) is 0 Å². The number of benzene rings is 2. The monoisotopic (exact) mass is 381 g/mol. The van der Waals surface area contributed by atoms with Gasteiger partial charge in [0.15, 0.2) is 0 Å². The second-order valence-corrected chi connectivity index (χ2v) is 8.26. The summed E-state index contributed by atoms with van der Waals surface area (Å²) < 4.78 is 25.6. The van der Waals surface area contributed by atoms with E-state index in [1.54, 1.807) is 0 Å². The number of hydrogen-bond donors (Lipinski definition) is 0. The van der Waals surface area contributed by atoms with Crippen LogP contribution in [0.25, 0.3) is 0 Å². The van der Waals surface area contributed by atoms with E-state index in [0.29, 0.717) is 0 Å². The summed E-state index contributed by atoms with van der Waals surface area (Å²) in [6, 6.07) is 14.8. The number of halogens is 2. The number of likely N-dealkylation sites (tertiary alicyclic amines) is 1. The highest BCUT2D eigenvalue weighted by Gasteiger charge is 2.24. The van der Waals surface area contributed by atoms with E-state index in [-0.39, 0.29) is 23.5 Å². The van der Waals surface area contributed by atoms with Gasteiger partial charge in [-0.15, -0.1) is 12.4 Å². The Bertz CT molecular complexity index is 682. The molecule has 0 aromatic heterocycles. The minimum Gasteiger partial charge on any atom is -0.303 e. The Morgan fingerprint density at radius 1 is 1.04 bits per heavy atom. The minimum absolute atomic E-state index is 0. The molecule has 1 fully saturated rings. The molecule has 136 valence electrons. The first-order chi connectivity index (χ1) is 11.6. The van der Waals surface area contributed by atoms with Gasteiger partial charge in [-0.3, -0.25) is 4.21 Å². The molecule has 0 amide bonds. The van der Waals surface area contributed by atoms with Gasteiger partial charge in [-0.1, -0.05) is 29.8 Å². The number of piperidine rings is 1. The lowest BCUT2D eigenvalue weighted by Gasteiger charge is -2.31. The Hall–Kier alpha value is -1.23. The predicted octanol–water partition coefficient (Wildman–Crippen LogP) is 4.37. The zero-order valence-electron chi connectivity index (χ0n) is 14.5. The molecule has 1 unspecified atom stereocenters. The third kappa shape index (κ3) is 5.63. The average molecular weight is 382 g/mol. The van der Waals surface area contributed by atoms with E-state index in [9.17, 15) is 8.60 Å². The van der Waals surface area contributed by atoms with Crippen LogP contribution in [0.1, 0.15) is 24.0 Å². The van der Waals surface area contributed by atoms with Crippen LogP contribution < -0.4 is 0 Å². The smallest absolute Gasteiger partial charge is 0.123 e. The van der Waals surface area contributed by atoms with Crippen LogP contribution >= 0.6 is 12.4 Å². The van der Waals surface area contributed by atoms with Gasteiger partial charge < -0.3 is 4.90 Å². The fraction of sp³-hybridized carbons (Fsp3) is 0.400. The molecule has 1 aliphatic heterocycles. The lowest BCUT2D eigenvalue weighted by molar-refractivity contribution is 0.234. The summed E-state index contributed by atoms with van der Waals surface area (Å²) in [6.45, 7) is 5.01. The first kappa shape index (κ1) is 20.1. The summed E-state index contributed by atoms with van der Waals surface area (Å²) in [5.41, 5.74) is 2.37. The van der Waals surface area contributed by atoms with Crippen LogP contribution in [-0.4, -0.2) is 34.0 Å². The highest BCUT2D eigenvalue weighted by atomic mass is 35.5. The fourth-order valence-electron chi connectivity index (χ4n) is 3.15. The van der Waals surface area contributed by atoms with Crippen LogP contribution in [-0.2, 0) is 17.2 Å². The normalized spacial score (nSPS) is 17.0. The molecule has 1 heterocycles. The van der Waals surface area contributed by atoms with Crippen LogP contribution in [0.15, 0.2) is 53.4 Å². The lowest BCUT2D eigenvalue weighted by atomic mass is 10.1. The molecule has 2 nitrogen and oxygen atoms in total. The molecule has 25 heavy (non-hydrogen) atoms. The molecule has 0 aliphatic carbocycles. The van der Waals surface area contributed by atoms with Gasteiger partial charge in [-0.05, 0) is 69.1 Å². The second kappa shape index (κ2) is 9.46. The Kier molecular flexibility index (Phi) is 7.60. The van der Waals surface area contributed by atoms with Gasteiger partial charge >= 0.3 is 0 Å². The molecule has 1 aliphatic rings. The van der Waals surface area contributed by atoms with Crippen LogP contribution in [0, 0.1) is 12.7 Å². The first-order valence-electron chi connectivity index (χ1n) is 8.56. The highest BCUT2D eigenvalue weighted by molar-refractivity contribution is 7.85. The van der Waals surface area contributed by atoms with Crippen molar-refractivity contribution in [2.45, 2.75) is 36.3 Å². The molecule has 1 atom stereocenters. The van der Waals surface area contributed by atoms with E-state index >= 15 is 0 Å². The molecule has 0 radical (unpaired) electrons. The maximum Gasteiger partial charge on any atom is 0.123 e. The van der Waals surface area contributed by atoms with Crippen LogP contribution in [0.2, 0.25) is 0 Å². The van der Waals surface area contributed by atoms with Gasteiger partial charge in [0.1, 0.15) is 5.82 Å². The first-order valence-corrected chi connectivity index (χ1v) is 9.77. The van der Waals surface area contributed by atoms with Crippen LogP contribution in [0.5, 0.6) is 0 Å². The van der Waals surface area contributed by atoms with Crippen LogP contribution in [0.4, 0.5) is 4.39 Å². The molecule has 0 bridgehead atoms. The molecule has 2 aromatic rings. The Morgan fingerprint density at radius 3 is 2.24 bits per heavy atom. The molecule has 2 aromatic carbocycles. The van der Waals surface area contributed by atoms with Gasteiger partial charge in [0.25, 0.3) is 0 Å². The van der Waals surface area contributed by atoms with Gasteiger partial charge in [0.2, 0.25) is 0 Å². The summed E-state index contributed by atoms with van der Waals surface area (Å²) >= 11 is 0. The zero-order chi connectivity index (χ0) is 16.9. The van der Waals surface area contributed by atoms with Crippen molar-refractivity contribution in [2.75, 3.05) is 19.6 Å². The molecular formula is C20H25ClFNOS. The highest BCUT2D eigenvalue weighted by Crippen LogP contribution is 2.21. The zero-order valence-corrected chi connectivity index (χ0v) is 16.1. The van der Waals surface area contributed by atoms with E-state index in [1.165, 1.54) is 23.3 Å². The van der Waals surface area contributed by atoms with E-state index in [1.807, 2.05) is 43.3 Å². The summed E-state index contributed by atoms with van der Waals surface area (Å²) in [7, 11) is -0.904. The van der Waals surface area contributed by atoms with Crippen molar-refractivity contribution in [1.29, 1.82) is 0 Å². The summed E-state index contributed by atoms with van der Waals surface area (Å²) in [4.78, 5) is 3.37. The van der Waals surface area contributed by atoms with E-state index < -0.39 is 10.8 Å². The van der Waals surface area contributed by atoms with Crippen molar-refractivity contribution in [1.82, 2.24) is 4.90 Å². The number of hydrogen-bond acceptors (Lipinski definition) is 2. The quantitative estimate of drug-likeness (QED) is 0.766. The maximum absolute atomic E-state index is 12.9. The predicted molar refractivity (Wildman–Crippen MR) is 104 cm³/mol. The largest absolute Gasteiger partial charge is 0.303 e. The number of aryl methyl sites for hydroxylation is 1. The molecule has 0 spiro atoms. The standard InChI is InChI=1S/C20H24FNOS.ClH/c1-16-2-8-19(9-3-16)24(23)20-11-14-22(15-12-20)13-10-17-4-6-18(21)7-5-17;/h2-9,20H,10-15H2,1H3;1H. The van der Waals surface area contributed by atoms with E-state index in [4.69, 9.17) is 0 Å². The topological polar surface area (TPSA) is 20.3 Å². The number of rotatable bonds is 5. The van der Waals surface area contributed by atoms with Gasteiger partial charge in [0.05, 0.1) is 10.8 Å². The molecular weight excluding hydrogens is 357 g/mol. The molecule has 0 saturated carbocycles. The van der Waals surface area contributed by atoms with Crippen molar-refractivity contribution in [2.24, 2.45) is 0 Å². The van der Waals surface area contributed by atoms with Crippen molar-refractivity contribution in [3.63, 3.8) is 0 Å². The van der Waals surface area contributed by atoms with Gasteiger partial charge in [0, 0.05) is 16.7 Å². The Morgan fingerprint density at radius 2 is 1.64 bits per heavy atom. The molecule has 5 heteroatoms. The molecule has 3 rings (SSSR count). The number of nitrogens with zero attached hydrogens (tertiary/aromatic N) is 1. The Balaban J connectivity index is 0.00000225. The average Bonchev–Trinajstić information content (AvgIpc) is 2.62. The molecule has 0 N–H and O–H groups in total. The second-order valence-electron chi connectivity index (χ2n) is 6.53. The maximum atomic E-state index is 12.9. The third-order valence-electron chi connectivity index (χ3n) is 4.72. The van der Waals surface area contributed by atoms with Crippen molar-refractivity contribution < 1.29 is 8.60 Å². The Labute approximate surface area is 158 Å². The van der Waals surface area contributed by atoms with Crippen molar-refractivity contribution in [3.05, 3.63) is 65.5 Å². The molecule has 1 saturated heterocycles.